The molecule has 2 rings (SSSR count). The van der Waals surface area contributed by atoms with Gasteiger partial charge >= 0.3 is 0 Å². The molecule has 2 saturated heterocycles. The number of nitrogens with one attached hydrogen (secondary N) is 3. The van der Waals surface area contributed by atoms with Gasteiger partial charge in [-0.3, -0.25) is 4.79 Å². The van der Waals surface area contributed by atoms with Crippen molar-refractivity contribution in [3.63, 3.8) is 0 Å². The highest BCUT2D eigenvalue weighted by atomic mass is 35.5. The highest BCUT2D eigenvalue weighted by molar-refractivity contribution is 5.85. The van der Waals surface area contributed by atoms with Crippen molar-refractivity contribution in [1.29, 1.82) is 0 Å². The first-order valence-corrected chi connectivity index (χ1v) is 6.08. The van der Waals surface area contributed by atoms with Crippen LogP contribution < -0.4 is 16.0 Å². The molecule has 0 aromatic carbocycles. The molecule has 2 heterocycles. The first kappa shape index (κ1) is 13.7. The second kappa shape index (κ2) is 7.09. The molecule has 0 radical (unpaired) electrons. The minimum absolute atomic E-state index is 0. The number of carbonyl (C=O) groups excluding carboxylic acids is 1. The molecule has 94 valence electrons. The molecule has 0 saturated carbocycles. The number of piperidine rings is 2. The summed E-state index contributed by atoms with van der Waals surface area (Å²) >= 11 is 0. The average Bonchev–Trinajstić information content (AvgIpc) is 2.31. The molecule has 3 N–H and O–H groups in total. The van der Waals surface area contributed by atoms with E-state index in [-0.39, 0.29) is 24.2 Å². The van der Waals surface area contributed by atoms with Crippen LogP contribution in [-0.2, 0) is 4.79 Å². The summed E-state index contributed by atoms with van der Waals surface area (Å²) in [5.74, 6) is 0.532. The van der Waals surface area contributed by atoms with Crippen LogP contribution in [0.1, 0.15) is 25.7 Å². The quantitative estimate of drug-likeness (QED) is 0.657. The van der Waals surface area contributed by atoms with Crippen LogP contribution in [0.3, 0.4) is 0 Å². The molecular formula is C11H22ClN3O. The second-order valence-corrected chi connectivity index (χ2v) is 4.56. The molecule has 4 nitrogen and oxygen atoms in total. The SMILES string of the molecule is Cl.O=C(NC1CCNCC1)C1CCNCC1. The van der Waals surface area contributed by atoms with Crippen LogP contribution >= 0.6 is 12.4 Å². The third kappa shape index (κ3) is 3.92. The number of rotatable bonds is 2. The molecule has 1 amide bonds. The van der Waals surface area contributed by atoms with Gasteiger partial charge in [0.05, 0.1) is 0 Å². The molecule has 0 aromatic heterocycles. The average molecular weight is 248 g/mol. The van der Waals surface area contributed by atoms with Crippen molar-refractivity contribution in [1.82, 2.24) is 16.0 Å². The van der Waals surface area contributed by atoms with Gasteiger partial charge in [-0.1, -0.05) is 0 Å². The zero-order valence-corrected chi connectivity index (χ0v) is 10.4. The monoisotopic (exact) mass is 247 g/mol. The van der Waals surface area contributed by atoms with E-state index in [9.17, 15) is 4.79 Å². The summed E-state index contributed by atoms with van der Waals surface area (Å²) in [6.07, 6.45) is 4.15. The van der Waals surface area contributed by atoms with Crippen molar-refractivity contribution < 1.29 is 4.79 Å². The Morgan fingerprint density at radius 1 is 0.938 bits per heavy atom. The van der Waals surface area contributed by atoms with Crippen LogP contribution in [0.2, 0.25) is 0 Å². The fraction of sp³-hybridized carbons (Fsp3) is 0.909. The van der Waals surface area contributed by atoms with Gasteiger partial charge in [-0.2, -0.15) is 0 Å². The van der Waals surface area contributed by atoms with Crippen LogP contribution in [0.25, 0.3) is 0 Å². The van der Waals surface area contributed by atoms with Gasteiger partial charge < -0.3 is 16.0 Å². The predicted molar refractivity (Wildman–Crippen MR) is 66.9 cm³/mol. The molecule has 0 aliphatic carbocycles. The van der Waals surface area contributed by atoms with Crippen molar-refractivity contribution in [3.8, 4) is 0 Å². The van der Waals surface area contributed by atoms with E-state index in [4.69, 9.17) is 0 Å². The summed E-state index contributed by atoms with van der Waals surface area (Å²) in [5, 5.41) is 9.77. The Hall–Kier alpha value is -0.320. The molecule has 0 unspecified atom stereocenters. The Kier molecular flexibility index (Phi) is 6.09. The van der Waals surface area contributed by atoms with Crippen LogP contribution in [0.15, 0.2) is 0 Å². The molecule has 16 heavy (non-hydrogen) atoms. The molecule has 0 spiro atoms. The number of halogens is 1. The maximum atomic E-state index is 11.9. The number of amides is 1. The smallest absolute Gasteiger partial charge is 0.223 e. The first-order valence-electron chi connectivity index (χ1n) is 6.08. The van der Waals surface area contributed by atoms with Gasteiger partial charge in [-0.15, -0.1) is 12.4 Å². The summed E-state index contributed by atoms with van der Waals surface area (Å²) in [4.78, 5) is 11.9. The molecule has 2 aliphatic rings. The fourth-order valence-electron chi connectivity index (χ4n) is 2.37. The topological polar surface area (TPSA) is 53.2 Å². The molecule has 2 fully saturated rings. The lowest BCUT2D eigenvalue weighted by atomic mass is 9.96. The summed E-state index contributed by atoms with van der Waals surface area (Å²) in [7, 11) is 0. The predicted octanol–water partition coefficient (Wildman–Crippen LogP) is 0.276. The third-order valence-electron chi connectivity index (χ3n) is 3.40. The summed E-state index contributed by atoms with van der Waals surface area (Å²) in [6, 6.07) is 0.411. The maximum absolute atomic E-state index is 11.9. The summed E-state index contributed by atoms with van der Waals surface area (Å²) in [6.45, 7) is 4.06. The van der Waals surface area contributed by atoms with Gasteiger partial charge in [0.2, 0.25) is 5.91 Å². The number of hydrogen-bond acceptors (Lipinski definition) is 3. The lowest BCUT2D eigenvalue weighted by Crippen LogP contribution is -2.46. The van der Waals surface area contributed by atoms with Gasteiger partial charge in [0.25, 0.3) is 0 Å². The van der Waals surface area contributed by atoms with Crippen molar-refractivity contribution in [2.24, 2.45) is 5.92 Å². The van der Waals surface area contributed by atoms with Crippen molar-refractivity contribution >= 4 is 18.3 Å². The van der Waals surface area contributed by atoms with E-state index in [1.165, 1.54) is 0 Å². The Balaban J connectivity index is 0.00000128. The minimum atomic E-state index is 0. The van der Waals surface area contributed by atoms with E-state index in [0.717, 1.165) is 51.9 Å². The van der Waals surface area contributed by atoms with Crippen LogP contribution in [0, 0.1) is 5.92 Å². The maximum Gasteiger partial charge on any atom is 0.223 e. The molecular weight excluding hydrogens is 226 g/mol. The highest BCUT2D eigenvalue weighted by Gasteiger charge is 2.23. The van der Waals surface area contributed by atoms with Gasteiger partial charge in [-0.25, -0.2) is 0 Å². The number of carbonyl (C=O) groups is 1. The summed E-state index contributed by atoms with van der Waals surface area (Å²) in [5.41, 5.74) is 0. The van der Waals surface area contributed by atoms with Crippen molar-refractivity contribution in [2.45, 2.75) is 31.7 Å². The first-order chi connectivity index (χ1) is 7.36. The number of hydrogen-bond donors (Lipinski definition) is 3. The largest absolute Gasteiger partial charge is 0.353 e. The lowest BCUT2D eigenvalue weighted by molar-refractivity contribution is -0.126. The van der Waals surface area contributed by atoms with E-state index in [2.05, 4.69) is 16.0 Å². The third-order valence-corrected chi connectivity index (χ3v) is 3.40. The normalized spacial score (nSPS) is 23.5. The van der Waals surface area contributed by atoms with Crippen LogP contribution in [-0.4, -0.2) is 38.1 Å². The zero-order chi connectivity index (χ0) is 10.5. The summed E-state index contributed by atoms with van der Waals surface area (Å²) < 4.78 is 0. The van der Waals surface area contributed by atoms with Crippen LogP contribution in [0.5, 0.6) is 0 Å². The van der Waals surface area contributed by atoms with E-state index in [1.807, 2.05) is 0 Å². The van der Waals surface area contributed by atoms with Gasteiger partial charge in [0.1, 0.15) is 0 Å². The van der Waals surface area contributed by atoms with E-state index in [1.54, 1.807) is 0 Å². The minimum Gasteiger partial charge on any atom is -0.353 e. The van der Waals surface area contributed by atoms with E-state index in [0.29, 0.717) is 6.04 Å². The fourth-order valence-corrected chi connectivity index (χ4v) is 2.37. The van der Waals surface area contributed by atoms with Gasteiger partial charge in [-0.05, 0) is 51.9 Å². The Labute approximate surface area is 103 Å². The Bertz CT molecular complexity index is 213. The molecule has 5 heteroatoms. The zero-order valence-electron chi connectivity index (χ0n) is 9.63. The molecule has 0 bridgehead atoms. The Morgan fingerprint density at radius 3 is 2.00 bits per heavy atom. The second-order valence-electron chi connectivity index (χ2n) is 4.56. The standard InChI is InChI=1S/C11H21N3O.ClH/c15-11(9-1-5-12-6-2-9)14-10-3-7-13-8-4-10;/h9-10,12-13H,1-8H2,(H,14,15);1H. The van der Waals surface area contributed by atoms with Crippen molar-refractivity contribution in [3.05, 3.63) is 0 Å². The van der Waals surface area contributed by atoms with Crippen molar-refractivity contribution in [2.75, 3.05) is 26.2 Å². The highest BCUT2D eigenvalue weighted by Crippen LogP contribution is 2.13. The van der Waals surface area contributed by atoms with Gasteiger partial charge in [0, 0.05) is 12.0 Å². The lowest BCUT2D eigenvalue weighted by Gasteiger charge is -2.27. The van der Waals surface area contributed by atoms with Crippen LogP contribution in [0.4, 0.5) is 0 Å². The molecule has 0 aromatic rings. The molecule has 2 aliphatic heterocycles. The van der Waals surface area contributed by atoms with Gasteiger partial charge in [0.15, 0.2) is 0 Å². The van der Waals surface area contributed by atoms with E-state index >= 15 is 0 Å². The molecule has 0 atom stereocenters. The van der Waals surface area contributed by atoms with E-state index < -0.39 is 0 Å². The Morgan fingerprint density at radius 2 is 1.44 bits per heavy atom.